The second kappa shape index (κ2) is 9.36. The van der Waals surface area contributed by atoms with E-state index in [1.807, 2.05) is 99.7 Å². The first-order valence-electron chi connectivity index (χ1n) is 11.2. The molecular formula is C27H30N4O2. The summed E-state index contributed by atoms with van der Waals surface area (Å²) < 4.78 is 0. The third kappa shape index (κ3) is 5.34. The quantitative estimate of drug-likeness (QED) is 0.512. The molecule has 0 atom stereocenters. The van der Waals surface area contributed by atoms with Gasteiger partial charge in [-0.1, -0.05) is 0 Å². The Morgan fingerprint density at radius 2 is 1.39 bits per heavy atom. The smallest absolute Gasteiger partial charge is 0.255 e. The van der Waals surface area contributed by atoms with E-state index in [2.05, 4.69) is 15.5 Å². The molecule has 0 radical (unpaired) electrons. The van der Waals surface area contributed by atoms with Crippen LogP contribution in [0.25, 0.3) is 0 Å². The molecule has 6 nitrogen and oxygen atoms in total. The van der Waals surface area contributed by atoms with E-state index in [0.717, 1.165) is 46.8 Å². The number of carbonyl (C=O) groups is 2. The monoisotopic (exact) mass is 442 g/mol. The molecule has 0 aromatic heterocycles. The SMILES string of the molecule is Cc1cc(NC(=O)c2ccc(N(C)C)cc2)ccc1N(C)c1ccc(NC(=O)C2CC2)cc1. The van der Waals surface area contributed by atoms with Crippen LogP contribution in [0.2, 0.25) is 0 Å². The number of anilines is 5. The van der Waals surface area contributed by atoms with Crippen LogP contribution in [0.1, 0.15) is 28.8 Å². The van der Waals surface area contributed by atoms with Crippen molar-refractivity contribution >= 4 is 40.3 Å². The lowest BCUT2D eigenvalue weighted by atomic mass is 10.1. The second-order valence-electron chi connectivity index (χ2n) is 8.77. The molecule has 0 aliphatic heterocycles. The van der Waals surface area contributed by atoms with E-state index in [4.69, 9.17) is 0 Å². The molecule has 3 aromatic carbocycles. The molecule has 1 saturated carbocycles. The van der Waals surface area contributed by atoms with Gasteiger partial charge in [0.1, 0.15) is 0 Å². The van der Waals surface area contributed by atoms with Gasteiger partial charge in [-0.05, 0) is 92.1 Å². The van der Waals surface area contributed by atoms with E-state index in [0.29, 0.717) is 5.56 Å². The maximum Gasteiger partial charge on any atom is 0.255 e. The van der Waals surface area contributed by atoms with Gasteiger partial charge in [0.2, 0.25) is 5.91 Å². The number of amides is 2. The number of nitrogens with zero attached hydrogens (tertiary/aromatic N) is 2. The zero-order chi connectivity index (χ0) is 23.5. The lowest BCUT2D eigenvalue weighted by molar-refractivity contribution is -0.117. The molecular weight excluding hydrogens is 412 g/mol. The third-order valence-electron chi connectivity index (χ3n) is 5.93. The number of nitrogens with one attached hydrogen (secondary N) is 2. The molecule has 0 unspecified atom stereocenters. The summed E-state index contributed by atoms with van der Waals surface area (Å²) in [5.74, 6) is 0.161. The maximum absolute atomic E-state index is 12.6. The molecule has 170 valence electrons. The lowest BCUT2D eigenvalue weighted by Gasteiger charge is -2.22. The molecule has 2 amide bonds. The Labute approximate surface area is 195 Å². The largest absolute Gasteiger partial charge is 0.378 e. The van der Waals surface area contributed by atoms with Crippen LogP contribution in [0.4, 0.5) is 28.4 Å². The van der Waals surface area contributed by atoms with E-state index in [1.165, 1.54) is 0 Å². The molecule has 6 heteroatoms. The van der Waals surface area contributed by atoms with Crippen LogP contribution in [0.3, 0.4) is 0 Å². The molecule has 0 saturated heterocycles. The summed E-state index contributed by atoms with van der Waals surface area (Å²) in [5, 5.41) is 5.95. The number of aryl methyl sites for hydroxylation is 1. The molecule has 1 aliphatic rings. The average molecular weight is 443 g/mol. The topological polar surface area (TPSA) is 64.7 Å². The first-order valence-corrected chi connectivity index (χ1v) is 11.2. The molecule has 2 N–H and O–H groups in total. The summed E-state index contributed by atoms with van der Waals surface area (Å²) >= 11 is 0. The van der Waals surface area contributed by atoms with Gasteiger partial charge in [-0.25, -0.2) is 0 Å². The van der Waals surface area contributed by atoms with Gasteiger partial charge < -0.3 is 20.4 Å². The fraction of sp³-hybridized carbons (Fsp3) is 0.259. The van der Waals surface area contributed by atoms with Crippen molar-refractivity contribution in [2.75, 3.05) is 41.6 Å². The normalized spacial score (nSPS) is 12.7. The Hall–Kier alpha value is -3.80. The molecule has 1 fully saturated rings. The fourth-order valence-corrected chi connectivity index (χ4v) is 3.72. The second-order valence-corrected chi connectivity index (χ2v) is 8.77. The first-order chi connectivity index (χ1) is 15.8. The van der Waals surface area contributed by atoms with Crippen molar-refractivity contribution in [3.8, 4) is 0 Å². The van der Waals surface area contributed by atoms with Crippen molar-refractivity contribution in [3.05, 3.63) is 77.9 Å². The van der Waals surface area contributed by atoms with Crippen LogP contribution in [0, 0.1) is 12.8 Å². The molecule has 3 aromatic rings. The molecule has 1 aliphatic carbocycles. The van der Waals surface area contributed by atoms with Crippen LogP contribution >= 0.6 is 0 Å². The van der Waals surface area contributed by atoms with E-state index in [-0.39, 0.29) is 17.7 Å². The summed E-state index contributed by atoms with van der Waals surface area (Å²) in [4.78, 5) is 28.7. The zero-order valence-electron chi connectivity index (χ0n) is 19.6. The van der Waals surface area contributed by atoms with Crippen LogP contribution in [0.5, 0.6) is 0 Å². The number of rotatable bonds is 7. The summed E-state index contributed by atoms with van der Waals surface area (Å²) in [6.07, 6.45) is 1.98. The minimum atomic E-state index is -0.135. The number of benzene rings is 3. The number of hydrogen-bond acceptors (Lipinski definition) is 4. The van der Waals surface area contributed by atoms with Gasteiger partial charge in [-0.2, -0.15) is 0 Å². The van der Waals surface area contributed by atoms with Gasteiger partial charge in [-0.15, -0.1) is 0 Å². The molecule has 0 heterocycles. The van der Waals surface area contributed by atoms with E-state index >= 15 is 0 Å². The highest BCUT2D eigenvalue weighted by Crippen LogP contribution is 2.32. The standard InChI is InChI=1S/C27H30N4O2/c1-18-17-22(29-27(33)20-7-12-23(13-8-20)30(2)3)11-16-25(18)31(4)24-14-9-21(10-15-24)28-26(32)19-5-6-19/h7-17,19H,5-6H2,1-4H3,(H,28,32)(H,29,33). The Morgan fingerprint density at radius 3 is 1.97 bits per heavy atom. The van der Waals surface area contributed by atoms with Crippen molar-refractivity contribution in [1.82, 2.24) is 0 Å². The highest BCUT2D eigenvalue weighted by molar-refractivity contribution is 6.04. The van der Waals surface area contributed by atoms with Crippen molar-refractivity contribution < 1.29 is 9.59 Å². The molecule has 0 spiro atoms. The Balaban J connectivity index is 1.42. The summed E-state index contributed by atoms with van der Waals surface area (Å²) in [6, 6.07) is 21.3. The van der Waals surface area contributed by atoms with Gasteiger partial charge in [0.25, 0.3) is 5.91 Å². The van der Waals surface area contributed by atoms with Crippen molar-refractivity contribution in [3.63, 3.8) is 0 Å². The predicted molar refractivity (Wildman–Crippen MR) is 136 cm³/mol. The highest BCUT2D eigenvalue weighted by Gasteiger charge is 2.29. The first kappa shape index (κ1) is 22.4. The van der Waals surface area contributed by atoms with E-state index in [9.17, 15) is 9.59 Å². The van der Waals surface area contributed by atoms with Crippen molar-refractivity contribution in [2.24, 2.45) is 5.92 Å². The van der Waals surface area contributed by atoms with E-state index < -0.39 is 0 Å². The summed E-state index contributed by atoms with van der Waals surface area (Å²) in [7, 11) is 5.94. The van der Waals surface area contributed by atoms with Crippen molar-refractivity contribution in [2.45, 2.75) is 19.8 Å². The zero-order valence-corrected chi connectivity index (χ0v) is 19.6. The Bertz CT molecular complexity index is 1150. The molecule has 33 heavy (non-hydrogen) atoms. The lowest BCUT2D eigenvalue weighted by Crippen LogP contribution is -2.15. The molecule has 4 rings (SSSR count). The average Bonchev–Trinajstić information content (AvgIpc) is 3.65. The minimum absolute atomic E-state index is 0.109. The van der Waals surface area contributed by atoms with Crippen molar-refractivity contribution in [1.29, 1.82) is 0 Å². The summed E-state index contributed by atoms with van der Waals surface area (Å²) in [5.41, 5.74) is 6.34. The number of carbonyl (C=O) groups excluding carboxylic acids is 2. The third-order valence-corrected chi connectivity index (χ3v) is 5.93. The fourth-order valence-electron chi connectivity index (χ4n) is 3.72. The van der Waals surface area contributed by atoms with Crippen LogP contribution < -0.4 is 20.4 Å². The van der Waals surface area contributed by atoms with Gasteiger partial charge in [0.05, 0.1) is 0 Å². The van der Waals surface area contributed by atoms with Crippen LogP contribution in [0.15, 0.2) is 66.7 Å². The van der Waals surface area contributed by atoms with E-state index in [1.54, 1.807) is 0 Å². The Morgan fingerprint density at radius 1 is 0.788 bits per heavy atom. The van der Waals surface area contributed by atoms with Crippen LogP contribution in [-0.4, -0.2) is 33.0 Å². The van der Waals surface area contributed by atoms with Gasteiger partial charge in [0.15, 0.2) is 0 Å². The maximum atomic E-state index is 12.6. The molecule has 0 bridgehead atoms. The highest BCUT2D eigenvalue weighted by atomic mass is 16.2. The van der Waals surface area contributed by atoms with Gasteiger partial charge in [0, 0.05) is 61.1 Å². The summed E-state index contributed by atoms with van der Waals surface area (Å²) in [6.45, 7) is 2.03. The van der Waals surface area contributed by atoms with Gasteiger partial charge >= 0.3 is 0 Å². The Kier molecular flexibility index (Phi) is 6.36. The van der Waals surface area contributed by atoms with Gasteiger partial charge in [-0.3, -0.25) is 9.59 Å². The number of hydrogen-bond donors (Lipinski definition) is 2. The minimum Gasteiger partial charge on any atom is -0.378 e. The predicted octanol–water partition coefficient (Wildman–Crippen LogP) is 5.43. The van der Waals surface area contributed by atoms with Crippen LogP contribution in [-0.2, 0) is 4.79 Å².